The van der Waals surface area contributed by atoms with Crippen LogP contribution in [0.2, 0.25) is 0 Å². The van der Waals surface area contributed by atoms with Gasteiger partial charge in [-0.1, -0.05) is 20.8 Å². The second kappa shape index (κ2) is 5.92. The molecule has 2 rings (SSSR count). The van der Waals surface area contributed by atoms with Crippen LogP contribution in [0.3, 0.4) is 0 Å². The van der Waals surface area contributed by atoms with Gasteiger partial charge in [-0.05, 0) is 30.7 Å². The summed E-state index contributed by atoms with van der Waals surface area (Å²) in [4.78, 5) is 13.1. The molecular formula is C16H25N3O2. The summed E-state index contributed by atoms with van der Waals surface area (Å²) >= 11 is 0. The summed E-state index contributed by atoms with van der Waals surface area (Å²) in [5.41, 5.74) is 2.20. The molecule has 1 unspecified atom stereocenters. The van der Waals surface area contributed by atoms with Gasteiger partial charge in [-0.3, -0.25) is 10.1 Å². The van der Waals surface area contributed by atoms with Crippen molar-refractivity contribution in [2.45, 2.75) is 34.1 Å². The summed E-state index contributed by atoms with van der Waals surface area (Å²) in [6, 6.07) is 5.30. The van der Waals surface area contributed by atoms with Crippen molar-refractivity contribution in [2.75, 3.05) is 29.9 Å². The second-order valence-electron chi connectivity index (χ2n) is 6.82. The van der Waals surface area contributed by atoms with E-state index >= 15 is 0 Å². The Labute approximate surface area is 126 Å². The highest BCUT2D eigenvalue weighted by atomic mass is 16.6. The maximum Gasteiger partial charge on any atom is 0.273 e. The van der Waals surface area contributed by atoms with E-state index in [1.54, 1.807) is 12.1 Å². The van der Waals surface area contributed by atoms with Crippen LogP contribution in [0.5, 0.6) is 0 Å². The van der Waals surface area contributed by atoms with Crippen LogP contribution in [0, 0.1) is 21.4 Å². The minimum atomic E-state index is -0.318. The molecule has 5 heteroatoms. The fraction of sp³-hybridized carbons (Fsp3) is 0.625. The van der Waals surface area contributed by atoms with Crippen molar-refractivity contribution in [1.82, 2.24) is 0 Å². The number of nitro benzene ring substituents is 1. The Morgan fingerprint density at radius 3 is 2.62 bits per heavy atom. The van der Waals surface area contributed by atoms with Gasteiger partial charge < -0.3 is 10.2 Å². The summed E-state index contributed by atoms with van der Waals surface area (Å²) in [6.45, 7) is 11.5. The smallest absolute Gasteiger partial charge is 0.273 e. The highest BCUT2D eigenvalue weighted by Crippen LogP contribution is 2.37. The van der Waals surface area contributed by atoms with E-state index in [4.69, 9.17) is 0 Å². The molecule has 0 radical (unpaired) electrons. The standard InChI is InChI=1S/C16H25N3O2/c1-5-17-13-8-14(10-15(9-13)19(20)21)18-7-6-12(11-18)16(2,3)4/h8-10,12,17H,5-7,11H2,1-4H3. The lowest BCUT2D eigenvalue weighted by atomic mass is 9.80. The highest BCUT2D eigenvalue weighted by Gasteiger charge is 2.32. The van der Waals surface area contributed by atoms with Crippen LogP contribution in [-0.4, -0.2) is 24.6 Å². The zero-order valence-electron chi connectivity index (χ0n) is 13.3. The molecule has 1 aromatic rings. The Morgan fingerprint density at radius 2 is 2.10 bits per heavy atom. The topological polar surface area (TPSA) is 58.4 Å². The summed E-state index contributed by atoms with van der Waals surface area (Å²) < 4.78 is 0. The second-order valence-corrected chi connectivity index (χ2v) is 6.82. The van der Waals surface area contributed by atoms with E-state index in [1.807, 2.05) is 13.0 Å². The van der Waals surface area contributed by atoms with Gasteiger partial charge in [0.1, 0.15) is 0 Å². The van der Waals surface area contributed by atoms with E-state index in [0.29, 0.717) is 5.92 Å². The molecule has 5 nitrogen and oxygen atoms in total. The molecule has 1 aromatic carbocycles. The lowest BCUT2D eigenvalue weighted by Gasteiger charge is -2.27. The van der Waals surface area contributed by atoms with Crippen LogP contribution in [0.1, 0.15) is 34.1 Å². The molecule has 1 fully saturated rings. The first-order valence-electron chi connectivity index (χ1n) is 7.59. The SMILES string of the molecule is CCNc1cc(N2CCC(C(C)(C)C)C2)cc([N+](=O)[O-])c1. The number of rotatable bonds is 4. The van der Waals surface area contributed by atoms with Crippen LogP contribution in [0.15, 0.2) is 18.2 Å². The molecule has 21 heavy (non-hydrogen) atoms. The molecule has 1 heterocycles. The highest BCUT2D eigenvalue weighted by molar-refractivity contribution is 5.64. The molecule has 1 atom stereocenters. The maximum absolute atomic E-state index is 11.1. The number of hydrogen-bond acceptors (Lipinski definition) is 4. The molecule has 1 saturated heterocycles. The number of nitrogens with zero attached hydrogens (tertiary/aromatic N) is 2. The Bertz CT molecular complexity index is 523. The normalized spacial score (nSPS) is 18.9. The number of hydrogen-bond donors (Lipinski definition) is 1. The number of anilines is 2. The third-order valence-corrected chi connectivity index (χ3v) is 4.27. The predicted octanol–water partition coefficient (Wildman–Crippen LogP) is 3.90. The minimum absolute atomic E-state index is 0.155. The fourth-order valence-corrected chi connectivity index (χ4v) is 2.89. The minimum Gasteiger partial charge on any atom is -0.385 e. The van der Waals surface area contributed by atoms with Gasteiger partial charge in [-0.15, -0.1) is 0 Å². The summed E-state index contributed by atoms with van der Waals surface area (Å²) in [7, 11) is 0. The van der Waals surface area contributed by atoms with Gasteiger partial charge in [0.15, 0.2) is 0 Å². The number of nitrogens with one attached hydrogen (secondary N) is 1. The Balaban J connectivity index is 2.25. The molecule has 0 amide bonds. The zero-order valence-corrected chi connectivity index (χ0v) is 13.3. The summed E-state index contributed by atoms with van der Waals surface area (Å²) in [6.07, 6.45) is 1.14. The Morgan fingerprint density at radius 1 is 1.38 bits per heavy atom. The van der Waals surface area contributed by atoms with Crippen molar-refractivity contribution in [3.8, 4) is 0 Å². The van der Waals surface area contributed by atoms with Crippen molar-refractivity contribution < 1.29 is 4.92 Å². The van der Waals surface area contributed by atoms with Gasteiger partial charge in [0.25, 0.3) is 5.69 Å². The van der Waals surface area contributed by atoms with Crippen molar-refractivity contribution in [1.29, 1.82) is 0 Å². The molecule has 1 N–H and O–H groups in total. The third kappa shape index (κ3) is 3.65. The lowest BCUT2D eigenvalue weighted by Crippen LogP contribution is -2.25. The van der Waals surface area contributed by atoms with E-state index in [1.165, 1.54) is 0 Å². The number of non-ortho nitro benzene ring substituents is 1. The number of nitro groups is 1. The average Bonchev–Trinajstić information content (AvgIpc) is 2.88. The first-order valence-corrected chi connectivity index (χ1v) is 7.59. The van der Waals surface area contributed by atoms with E-state index in [9.17, 15) is 10.1 Å². The van der Waals surface area contributed by atoms with Gasteiger partial charge >= 0.3 is 0 Å². The first kappa shape index (κ1) is 15.6. The average molecular weight is 291 g/mol. The van der Waals surface area contributed by atoms with Gasteiger partial charge in [0.2, 0.25) is 0 Å². The molecule has 116 valence electrons. The molecule has 0 aliphatic carbocycles. The van der Waals surface area contributed by atoms with Crippen LogP contribution in [-0.2, 0) is 0 Å². The molecule has 0 spiro atoms. The first-order chi connectivity index (χ1) is 9.81. The van der Waals surface area contributed by atoms with E-state index in [0.717, 1.165) is 37.4 Å². The van der Waals surface area contributed by atoms with Gasteiger partial charge in [-0.2, -0.15) is 0 Å². The van der Waals surface area contributed by atoms with Crippen LogP contribution in [0.25, 0.3) is 0 Å². The molecule has 0 saturated carbocycles. The summed E-state index contributed by atoms with van der Waals surface area (Å²) in [5.74, 6) is 0.624. The van der Waals surface area contributed by atoms with Gasteiger partial charge in [-0.25, -0.2) is 0 Å². The monoisotopic (exact) mass is 291 g/mol. The van der Waals surface area contributed by atoms with Crippen molar-refractivity contribution >= 4 is 17.1 Å². The van der Waals surface area contributed by atoms with E-state index in [-0.39, 0.29) is 16.0 Å². The van der Waals surface area contributed by atoms with Crippen LogP contribution >= 0.6 is 0 Å². The van der Waals surface area contributed by atoms with Crippen LogP contribution < -0.4 is 10.2 Å². The molecular weight excluding hydrogens is 266 g/mol. The maximum atomic E-state index is 11.1. The van der Waals surface area contributed by atoms with Crippen molar-refractivity contribution in [3.05, 3.63) is 28.3 Å². The van der Waals surface area contributed by atoms with Gasteiger partial charge in [0, 0.05) is 43.1 Å². The lowest BCUT2D eigenvalue weighted by molar-refractivity contribution is -0.384. The largest absolute Gasteiger partial charge is 0.385 e. The Hall–Kier alpha value is -1.78. The fourth-order valence-electron chi connectivity index (χ4n) is 2.89. The predicted molar refractivity (Wildman–Crippen MR) is 87.0 cm³/mol. The van der Waals surface area contributed by atoms with Crippen LogP contribution in [0.4, 0.5) is 17.1 Å². The van der Waals surface area contributed by atoms with Gasteiger partial charge in [0.05, 0.1) is 4.92 Å². The quantitative estimate of drug-likeness (QED) is 0.675. The third-order valence-electron chi connectivity index (χ3n) is 4.27. The Kier molecular flexibility index (Phi) is 4.40. The molecule has 0 aromatic heterocycles. The molecule has 1 aliphatic rings. The van der Waals surface area contributed by atoms with E-state index < -0.39 is 0 Å². The summed E-state index contributed by atoms with van der Waals surface area (Å²) in [5, 5.41) is 14.3. The van der Waals surface area contributed by atoms with Crippen molar-refractivity contribution in [3.63, 3.8) is 0 Å². The van der Waals surface area contributed by atoms with E-state index in [2.05, 4.69) is 31.0 Å². The molecule has 0 bridgehead atoms. The molecule has 1 aliphatic heterocycles. The zero-order chi connectivity index (χ0) is 15.6. The number of benzene rings is 1. The van der Waals surface area contributed by atoms with Crippen molar-refractivity contribution in [2.24, 2.45) is 11.3 Å².